The van der Waals surface area contributed by atoms with Gasteiger partial charge in [-0.3, -0.25) is 0 Å². The third kappa shape index (κ3) is 1.66. The summed E-state index contributed by atoms with van der Waals surface area (Å²) < 4.78 is 10.7. The van der Waals surface area contributed by atoms with Crippen LogP contribution in [0.2, 0.25) is 5.02 Å². The minimum absolute atomic E-state index is 0.227. The fraction of sp³-hybridized carbons (Fsp3) is 0.455. The number of fused-ring (bicyclic) bond motifs is 1. The van der Waals surface area contributed by atoms with E-state index in [-0.39, 0.29) is 12.7 Å². The summed E-state index contributed by atoms with van der Waals surface area (Å²) in [5.41, 5.74) is 7.60. The Hall–Kier alpha value is -0.930. The number of hydrogen-bond acceptors (Lipinski definition) is 3. The largest absolute Gasteiger partial charge is 0.454 e. The molecule has 0 radical (unpaired) electrons. The van der Waals surface area contributed by atoms with Gasteiger partial charge >= 0.3 is 0 Å². The van der Waals surface area contributed by atoms with Crippen LogP contribution in [-0.2, 0) is 0 Å². The molecule has 1 aliphatic heterocycles. The normalized spacial score (nSPS) is 15.5. The van der Waals surface area contributed by atoms with Gasteiger partial charge in [0.05, 0.1) is 5.02 Å². The molecule has 0 saturated carbocycles. The van der Waals surface area contributed by atoms with Crippen molar-refractivity contribution >= 4 is 11.6 Å². The van der Waals surface area contributed by atoms with Gasteiger partial charge in [-0.25, -0.2) is 0 Å². The summed E-state index contributed by atoms with van der Waals surface area (Å²) in [6.45, 7) is 4.82. The third-order valence-electron chi connectivity index (χ3n) is 2.74. The van der Waals surface area contributed by atoms with Crippen molar-refractivity contribution < 1.29 is 9.47 Å². The summed E-state index contributed by atoms with van der Waals surface area (Å²) in [6.07, 6.45) is 0. The van der Waals surface area contributed by atoms with Gasteiger partial charge in [0.1, 0.15) is 0 Å². The molecule has 0 spiro atoms. The van der Waals surface area contributed by atoms with E-state index in [0.717, 1.165) is 27.6 Å². The van der Waals surface area contributed by atoms with Crippen molar-refractivity contribution in [2.75, 3.05) is 13.3 Å². The molecule has 1 atom stereocenters. The molecule has 82 valence electrons. The van der Waals surface area contributed by atoms with Crippen LogP contribution in [0.5, 0.6) is 11.5 Å². The average molecular weight is 228 g/mol. The minimum atomic E-state index is 0.227. The summed E-state index contributed by atoms with van der Waals surface area (Å²) >= 11 is 6.26. The molecule has 0 bridgehead atoms. The molecule has 1 heterocycles. The first kappa shape index (κ1) is 10.6. The van der Waals surface area contributed by atoms with E-state index in [1.165, 1.54) is 0 Å². The summed E-state index contributed by atoms with van der Waals surface area (Å²) in [5.74, 6) is 1.76. The summed E-state index contributed by atoms with van der Waals surface area (Å²) in [7, 11) is 0. The number of hydrogen-bond donors (Lipinski definition) is 1. The maximum Gasteiger partial charge on any atom is 0.231 e. The molecule has 1 unspecified atom stereocenters. The van der Waals surface area contributed by atoms with Crippen LogP contribution in [-0.4, -0.2) is 13.3 Å². The molecule has 15 heavy (non-hydrogen) atoms. The Morgan fingerprint density at radius 2 is 2.27 bits per heavy atom. The highest BCUT2D eigenvalue weighted by molar-refractivity contribution is 6.32. The molecule has 0 fully saturated rings. The van der Waals surface area contributed by atoms with E-state index in [1.54, 1.807) is 0 Å². The Kier molecular flexibility index (Phi) is 2.76. The van der Waals surface area contributed by atoms with Gasteiger partial charge in [0, 0.05) is 5.56 Å². The molecule has 0 aromatic heterocycles. The first-order chi connectivity index (χ1) is 7.15. The van der Waals surface area contributed by atoms with Crippen LogP contribution < -0.4 is 15.2 Å². The maximum absolute atomic E-state index is 6.26. The summed E-state index contributed by atoms with van der Waals surface area (Å²) in [5, 5.41) is 0.734. The van der Waals surface area contributed by atoms with Gasteiger partial charge in [-0.1, -0.05) is 18.5 Å². The molecule has 1 aromatic carbocycles. The predicted octanol–water partition coefficient (Wildman–Crippen LogP) is 2.44. The van der Waals surface area contributed by atoms with Crippen LogP contribution in [0, 0.1) is 6.92 Å². The third-order valence-corrected chi connectivity index (χ3v) is 3.24. The van der Waals surface area contributed by atoms with E-state index in [9.17, 15) is 0 Å². The second-order valence-corrected chi connectivity index (χ2v) is 4.15. The van der Waals surface area contributed by atoms with Gasteiger partial charge in [-0.05, 0) is 31.0 Å². The summed E-state index contributed by atoms with van der Waals surface area (Å²) in [4.78, 5) is 0. The second kappa shape index (κ2) is 3.91. The fourth-order valence-electron chi connectivity index (χ4n) is 1.70. The highest BCUT2D eigenvalue weighted by Gasteiger charge is 2.22. The molecule has 0 aliphatic carbocycles. The van der Waals surface area contributed by atoms with Gasteiger partial charge in [0.2, 0.25) is 6.79 Å². The van der Waals surface area contributed by atoms with Crippen molar-refractivity contribution in [2.24, 2.45) is 5.73 Å². The van der Waals surface area contributed by atoms with Gasteiger partial charge in [-0.15, -0.1) is 0 Å². The first-order valence-corrected chi connectivity index (χ1v) is 5.31. The lowest BCUT2D eigenvalue weighted by molar-refractivity contribution is 0.173. The van der Waals surface area contributed by atoms with Crippen molar-refractivity contribution in [1.82, 2.24) is 0 Å². The van der Waals surface area contributed by atoms with Crippen LogP contribution >= 0.6 is 11.6 Å². The molecule has 1 aromatic rings. The molecular weight excluding hydrogens is 214 g/mol. The van der Waals surface area contributed by atoms with E-state index in [4.69, 9.17) is 26.8 Å². The van der Waals surface area contributed by atoms with Gasteiger partial charge in [0.25, 0.3) is 0 Å². The smallest absolute Gasteiger partial charge is 0.231 e. The highest BCUT2D eigenvalue weighted by Crippen LogP contribution is 2.43. The Morgan fingerprint density at radius 3 is 2.93 bits per heavy atom. The van der Waals surface area contributed by atoms with Crippen LogP contribution in [0.15, 0.2) is 6.07 Å². The van der Waals surface area contributed by atoms with E-state index in [1.807, 2.05) is 19.9 Å². The fourth-order valence-corrected chi connectivity index (χ4v) is 2.02. The predicted molar refractivity (Wildman–Crippen MR) is 59.8 cm³/mol. The van der Waals surface area contributed by atoms with E-state index in [0.29, 0.717) is 6.54 Å². The zero-order chi connectivity index (χ0) is 11.0. The molecule has 3 nitrogen and oxygen atoms in total. The molecule has 0 saturated heterocycles. The van der Waals surface area contributed by atoms with E-state index < -0.39 is 0 Å². The number of rotatable bonds is 2. The zero-order valence-corrected chi connectivity index (χ0v) is 9.60. The van der Waals surface area contributed by atoms with Crippen molar-refractivity contribution in [1.29, 1.82) is 0 Å². The maximum atomic E-state index is 6.26. The Labute approximate surface area is 94.1 Å². The van der Waals surface area contributed by atoms with Crippen molar-refractivity contribution in [3.63, 3.8) is 0 Å². The van der Waals surface area contributed by atoms with E-state index in [2.05, 4.69) is 0 Å². The lowest BCUT2D eigenvalue weighted by atomic mass is 9.98. The van der Waals surface area contributed by atoms with Crippen LogP contribution in [0.3, 0.4) is 0 Å². The second-order valence-electron chi connectivity index (χ2n) is 3.78. The van der Waals surface area contributed by atoms with E-state index >= 15 is 0 Å². The minimum Gasteiger partial charge on any atom is -0.454 e. The molecule has 0 amide bonds. The quantitative estimate of drug-likeness (QED) is 0.844. The Balaban J connectivity index is 2.54. The Bertz CT molecular complexity index is 393. The van der Waals surface area contributed by atoms with Gasteiger partial charge in [0.15, 0.2) is 11.5 Å². The number of ether oxygens (including phenoxy) is 2. The van der Waals surface area contributed by atoms with Crippen LogP contribution in [0.1, 0.15) is 24.0 Å². The Morgan fingerprint density at radius 1 is 1.53 bits per heavy atom. The van der Waals surface area contributed by atoms with Gasteiger partial charge < -0.3 is 15.2 Å². The average Bonchev–Trinajstić information content (AvgIpc) is 2.70. The molecule has 2 rings (SSSR count). The molecule has 2 N–H and O–H groups in total. The number of benzene rings is 1. The highest BCUT2D eigenvalue weighted by atomic mass is 35.5. The standard InChI is InChI=1S/C11H14ClNO2/c1-6(4-13)8-3-9-11(15-5-14-9)7(2)10(8)12/h3,6H,4-5,13H2,1-2H3. The zero-order valence-electron chi connectivity index (χ0n) is 8.84. The van der Waals surface area contributed by atoms with Gasteiger partial charge in [-0.2, -0.15) is 0 Å². The van der Waals surface area contributed by atoms with Crippen molar-refractivity contribution in [2.45, 2.75) is 19.8 Å². The van der Waals surface area contributed by atoms with Crippen molar-refractivity contribution in [3.05, 3.63) is 22.2 Å². The monoisotopic (exact) mass is 227 g/mol. The molecule has 4 heteroatoms. The van der Waals surface area contributed by atoms with Crippen LogP contribution in [0.25, 0.3) is 0 Å². The topological polar surface area (TPSA) is 44.5 Å². The lowest BCUT2D eigenvalue weighted by Crippen LogP contribution is -2.09. The van der Waals surface area contributed by atoms with Crippen molar-refractivity contribution in [3.8, 4) is 11.5 Å². The first-order valence-electron chi connectivity index (χ1n) is 4.93. The number of halogens is 1. The lowest BCUT2D eigenvalue weighted by Gasteiger charge is -2.14. The SMILES string of the molecule is Cc1c(Cl)c(C(C)CN)cc2c1OCO2. The van der Waals surface area contributed by atoms with Crippen LogP contribution in [0.4, 0.5) is 0 Å². The number of nitrogens with two attached hydrogens (primary N) is 1. The molecular formula is C11H14ClNO2. The summed E-state index contributed by atoms with van der Waals surface area (Å²) in [6, 6.07) is 1.93. The molecule has 1 aliphatic rings.